The summed E-state index contributed by atoms with van der Waals surface area (Å²) in [6, 6.07) is 8.47. The van der Waals surface area contributed by atoms with Gasteiger partial charge >= 0.3 is 5.97 Å². The summed E-state index contributed by atoms with van der Waals surface area (Å²) in [6.45, 7) is 2.80. The van der Waals surface area contributed by atoms with E-state index in [4.69, 9.17) is 27.9 Å². The number of carbonyl (C=O) groups is 1. The molecule has 160 valence electrons. The van der Waals surface area contributed by atoms with Gasteiger partial charge in [-0.1, -0.05) is 30.1 Å². The van der Waals surface area contributed by atoms with Crippen molar-refractivity contribution in [2.45, 2.75) is 13.3 Å². The highest BCUT2D eigenvalue weighted by molar-refractivity contribution is 6.42. The topological polar surface area (TPSA) is 78.2 Å². The van der Waals surface area contributed by atoms with Gasteiger partial charge in [0.1, 0.15) is 5.69 Å². The molecule has 1 N–H and O–H groups in total. The number of fused-ring (bicyclic) bond motifs is 2. The van der Waals surface area contributed by atoms with Crippen LogP contribution in [0.15, 0.2) is 41.3 Å². The number of methoxy groups -OCH3 is 1. The summed E-state index contributed by atoms with van der Waals surface area (Å²) in [4.78, 5) is 29.9. The molecule has 0 aliphatic heterocycles. The second-order valence-corrected chi connectivity index (χ2v) is 7.94. The minimum absolute atomic E-state index is 0.248. The van der Waals surface area contributed by atoms with Crippen molar-refractivity contribution in [2.75, 3.05) is 19.1 Å². The number of nitrogens with zero attached hydrogens (tertiary/aromatic N) is 3. The molecule has 2 aromatic heterocycles. The summed E-state index contributed by atoms with van der Waals surface area (Å²) in [6.07, 6.45) is 2.74. The highest BCUT2D eigenvalue weighted by Gasteiger charge is 2.19. The van der Waals surface area contributed by atoms with Gasteiger partial charge in [-0.05, 0) is 36.8 Å². The van der Waals surface area contributed by atoms with Crippen LogP contribution in [-0.2, 0) is 11.8 Å². The number of ether oxygens (including phenoxy) is 1. The molecule has 7 nitrogen and oxygen atoms in total. The zero-order valence-corrected chi connectivity index (χ0v) is 18.7. The second-order valence-electron chi connectivity index (χ2n) is 7.12. The van der Waals surface area contributed by atoms with E-state index in [9.17, 15) is 9.59 Å². The molecule has 0 fully saturated rings. The first-order valence-electron chi connectivity index (χ1n) is 9.69. The Morgan fingerprint density at radius 2 is 1.90 bits per heavy atom. The molecular formula is C22H20Cl2N4O3. The fourth-order valence-electron chi connectivity index (χ4n) is 3.52. The van der Waals surface area contributed by atoms with Gasteiger partial charge in [-0.3, -0.25) is 9.47 Å². The molecule has 0 unspecified atom stereocenters. The first-order valence-corrected chi connectivity index (χ1v) is 10.4. The molecule has 31 heavy (non-hydrogen) atoms. The van der Waals surface area contributed by atoms with E-state index in [1.165, 1.54) is 11.7 Å². The van der Waals surface area contributed by atoms with Crippen molar-refractivity contribution in [1.29, 1.82) is 0 Å². The van der Waals surface area contributed by atoms with Gasteiger partial charge in [0.05, 0.1) is 39.3 Å². The van der Waals surface area contributed by atoms with E-state index in [2.05, 4.69) is 17.3 Å². The lowest BCUT2D eigenvalue weighted by Gasteiger charge is -2.09. The van der Waals surface area contributed by atoms with E-state index in [-0.39, 0.29) is 11.3 Å². The van der Waals surface area contributed by atoms with E-state index in [0.717, 1.165) is 18.5 Å². The van der Waals surface area contributed by atoms with Crippen LogP contribution in [0.5, 0.6) is 0 Å². The van der Waals surface area contributed by atoms with Gasteiger partial charge in [-0.25, -0.2) is 9.78 Å². The van der Waals surface area contributed by atoms with Crippen molar-refractivity contribution in [1.82, 2.24) is 14.2 Å². The van der Waals surface area contributed by atoms with Gasteiger partial charge in [-0.2, -0.15) is 0 Å². The summed E-state index contributed by atoms with van der Waals surface area (Å²) in [5, 5.41) is 1.41. The first kappa shape index (κ1) is 21.2. The lowest BCUT2D eigenvalue weighted by molar-refractivity contribution is 0.0601. The molecule has 0 atom stereocenters. The highest BCUT2D eigenvalue weighted by Crippen LogP contribution is 2.31. The predicted molar refractivity (Wildman–Crippen MR) is 124 cm³/mol. The Bertz CT molecular complexity index is 1390. The molecule has 4 aromatic rings. The number of hydrogen-bond acceptors (Lipinski definition) is 5. The number of rotatable bonds is 5. The summed E-state index contributed by atoms with van der Waals surface area (Å²) in [5.41, 5.74) is 6.17. The third-order valence-corrected chi connectivity index (χ3v) is 5.85. The second kappa shape index (κ2) is 8.24. The maximum Gasteiger partial charge on any atom is 0.337 e. The minimum Gasteiger partial charge on any atom is -0.465 e. The monoisotopic (exact) mass is 458 g/mol. The number of carbonyl (C=O) groups excluding carboxylic acids is 1. The standard InChI is InChI=1S/C22H20Cl2N4O3/c1-4-7-25-28-11-14(13-8-12(22(30)31-3)5-6-18(13)28)20-21(29)27(2)19-10-16(24)15(23)9-17(19)26-20/h5-6,8-11,25H,4,7H2,1-3H3. The lowest BCUT2D eigenvalue weighted by Crippen LogP contribution is -2.21. The van der Waals surface area contributed by atoms with Crippen LogP contribution in [0.4, 0.5) is 0 Å². The summed E-state index contributed by atoms with van der Waals surface area (Å²) in [7, 11) is 2.99. The van der Waals surface area contributed by atoms with Crippen molar-refractivity contribution >= 4 is 51.1 Å². The lowest BCUT2D eigenvalue weighted by atomic mass is 10.1. The van der Waals surface area contributed by atoms with Crippen LogP contribution in [0.25, 0.3) is 33.2 Å². The van der Waals surface area contributed by atoms with Crippen molar-refractivity contribution in [3.8, 4) is 11.3 Å². The summed E-state index contributed by atoms with van der Waals surface area (Å²) >= 11 is 12.3. The molecule has 2 aromatic carbocycles. The number of esters is 1. The van der Waals surface area contributed by atoms with Gasteiger partial charge in [0, 0.05) is 30.7 Å². The Kier molecular flexibility index (Phi) is 5.64. The Labute approximate surface area is 188 Å². The summed E-state index contributed by atoms with van der Waals surface area (Å²) in [5.74, 6) is -0.456. The molecule has 0 saturated carbocycles. The normalized spacial score (nSPS) is 11.3. The van der Waals surface area contributed by atoms with Crippen LogP contribution in [0.3, 0.4) is 0 Å². The third-order valence-electron chi connectivity index (χ3n) is 5.13. The average Bonchev–Trinajstić information content (AvgIpc) is 3.13. The van der Waals surface area contributed by atoms with Gasteiger partial charge in [0.2, 0.25) is 0 Å². The number of aromatic nitrogens is 3. The van der Waals surface area contributed by atoms with Crippen molar-refractivity contribution in [2.24, 2.45) is 7.05 Å². The molecule has 0 aliphatic carbocycles. The first-order chi connectivity index (χ1) is 14.8. The van der Waals surface area contributed by atoms with E-state index in [1.807, 2.05) is 16.9 Å². The molecule has 4 rings (SSSR count). The molecule has 0 amide bonds. The Hall–Kier alpha value is -3.03. The summed E-state index contributed by atoms with van der Waals surface area (Å²) < 4.78 is 8.19. The van der Waals surface area contributed by atoms with Crippen molar-refractivity contribution in [3.05, 3.63) is 62.5 Å². The number of aryl methyl sites for hydroxylation is 1. The van der Waals surface area contributed by atoms with Crippen LogP contribution in [0, 0.1) is 0 Å². The smallest absolute Gasteiger partial charge is 0.337 e. The minimum atomic E-state index is -0.456. The van der Waals surface area contributed by atoms with Gasteiger partial charge in [-0.15, -0.1) is 0 Å². The third kappa shape index (κ3) is 3.64. The molecule has 0 saturated heterocycles. The molecule has 0 radical (unpaired) electrons. The fourth-order valence-corrected chi connectivity index (χ4v) is 3.84. The van der Waals surface area contributed by atoms with Gasteiger partial charge in [0.25, 0.3) is 5.56 Å². The van der Waals surface area contributed by atoms with Crippen LogP contribution in [0.2, 0.25) is 10.0 Å². The van der Waals surface area contributed by atoms with Crippen LogP contribution in [0.1, 0.15) is 23.7 Å². The van der Waals surface area contributed by atoms with E-state index >= 15 is 0 Å². The largest absolute Gasteiger partial charge is 0.465 e. The molecule has 0 bridgehead atoms. The van der Waals surface area contributed by atoms with Crippen molar-refractivity contribution < 1.29 is 9.53 Å². The number of nitrogens with one attached hydrogen (secondary N) is 1. The number of halogens is 2. The molecule has 2 heterocycles. The molecular weight excluding hydrogens is 439 g/mol. The van der Waals surface area contributed by atoms with E-state index < -0.39 is 5.97 Å². The Morgan fingerprint density at radius 1 is 1.16 bits per heavy atom. The van der Waals surface area contributed by atoms with Crippen molar-refractivity contribution in [3.63, 3.8) is 0 Å². The maximum atomic E-state index is 13.2. The Balaban J connectivity index is 2.03. The van der Waals surface area contributed by atoms with Crippen LogP contribution < -0.4 is 11.0 Å². The zero-order chi connectivity index (χ0) is 22.3. The van der Waals surface area contributed by atoms with Crippen LogP contribution >= 0.6 is 23.2 Å². The Morgan fingerprint density at radius 3 is 2.61 bits per heavy atom. The van der Waals surface area contributed by atoms with E-state index in [1.54, 1.807) is 31.3 Å². The average molecular weight is 459 g/mol. The number of benzene rings is 2. The molecule has 9 heteroatoms. The molecule has 0 aliphatic rings. The number of hydrogen-bond donors (Lipinski definition) is 1. The van der Waals surface area contributed by atoms with Gasteiger partial charge < -0.3 is 14.7 Å². The van der Waals surface area contributed by atoms with Crippen LogP contribution in [-0.4, -0.2) is 33.9 Å². The predicted octanol–water partition coefficient (Wildman–Crippen LogP) is 4.60. The highest BCUT2D eigenvalue weighted by atomic mass is 35.5. The SMILES string of the molecule is CCCNn1cc(-c2nc3cc(Cl)c(Cl)cc3n(C)c2=O)c2cc(C(=O)OC)ccc21. The fraction of sp³-hybridized carbons (Fsp3) is 0.227. The maximum absolute atomic E-state index is 13.2. The quantitative estimate of drug-likeness (QED) is 0.442. The zero-order valence-electron chi connectivity index (χ0n) is 17.2. The van der Waals surface area contributed by atoms with E-state index in [0.29, 0.717) is 37.6 Å². The van der Waals surface area contributed by atoms with Gasteiger partial charge in [0.15, 0.2) is 0 Å². The molecule has 0 spiro atoms.